The summed E-state index contributed by atoms with van der Waals surface area (Å²) in [5.74, 6) is -0.840. The van der Waals surface area contributed by atoms with Crippen molar-refractivity contribution in [1.82, 2.24) is 10.6 Å². The maximum Gasteiger partial charge on any atom is 0.407 e. The first-order valence-electron chi connectivity index (χ1n) is 6.23. The van der Waals surface area contributed by atoms with Gasteiger partial charge in [-0.05, 0) is 40.0 Å². The minimum atomic E-state index is -0.840. The first-order valence-corrected chi connectivity index (χ1v) is 6.23. The largest absolute Gasteiger partial charge is 0.480 e. The van der Waals surface area contributed by atoms with Crippen molar-refractivity contribution in [3.63, 3.8) is 0 Å². The zero-order valence-corrected chi connectivity index (χ0v) is 11.2. The van der Waals surface area contributed by atoms with Gasteiger partial charge in [0.05, 0.1) is 0 Å². The molecule has 1 fully saturated rings. The van der Waals surface area contributed by atoms with Gasteiger partial charge in [0.1, 0.15) is 11.6 Å². The van der Waals surface area contributed by atoms with E-state index in [9.17, 15) is 9.59 Å². The van der Waals surface area contributed by atoms with E-state index in [2.05, 4.69) is 10.6 Å². The number of carboxylic acids is 1. The second-order valence-corrected chi connectivity index (χ2v) is 5.57. The van der Waals surface area contributed by atoms with Crippen LogP contribution in [-0.4, -0.2) is 41.4 Å². The fourth-order valence-electron chi connectivity index (χ4n) is 1.87. The minimum absolute atomic E-state index is 0.0794. The van der Waals surface area contributed by atoms with Crippen molar-refractivity contribution in [3.05, 3.63) is 0 Å². The van der Waals surface area contributed by atoms with Crippen LogP contribution in [0.5, 0.6) is 0 Å². The molecule has 0 bridgehead atoms. The van der Waals surface area contributed by atoms with Crippen LogP contribution in [0.15, 0.2) is 0 Å². The van der Waals surface area contributed by atoms with Gasteiger partial charge in [0.25, 0.3) is 0 Å². The van der Waals surface area contributed by atoms with Crippen molar-refractivity contribution in [2.45, 2.75) is 57.7 Å². The van der Waals surface area contributed by atoms with Crippen molar-refractivity contribution < 1.29 is 19.4 Å². The monoisotopic (exact) mass is 258 g/mol. The number of aliphatic carboxylic acids is 1. The summed E-state index contributed by atoms with van der Waals surface area (Å²) < 4.78 is 5.16. The van der Waals surface area contributed by atoms with E-state index in [0.717, 1.165) is 12.8 Å². The van der Waals surface area contributed by atoms with Crippen LogP contribution < -0.4 is 10.6 Å². The maximum absolute atomic E-state index is 11.6. The third-order valence-corrected chi connectivity index (χ3v) is 2.67. The fourth-order valence-corrected chi connectivity index (χ4v) is 1.87. The predicted octanol–water partition coefficient (Wildman–Crippen LogP) is 1.11. The first-order chi connectivity index (χ1) is 8.28. The molecule has 1 heterocycles. The lowest BCUT2D eigenvalue weighted by atomic mass is 10.1. The lowest BCUT2D eigenvalue weighted by molar-refractivity contribution is -0.139. The Morgan fingerprint density at radius 1 is 1.33 bits per heavy atom. The van der Waals surface area contributed by atoms with Gasteiger partial charge in [-0.1, -0.05) is 0 Å². The molecule has 1 saturated heterocycles. The molecule has 1 aliphatic rings. The zero-order chi connectivity index (χ0) is 13.8. The standard InChI is InChI=1S/C12H22N2O4/c1-12(2,3)18-11(17)14-8-5-4-6-9(10(15)16)13-7-8/h8-9,13H,4-7H2,1-3H3,(H,14,17)(H,15,16). The molecule has 1 aliphatic heterocycles. The molecule has 0 spiro atoms. The summed E-state index contributed by atoms with van der Waals surface area (Å²) in [6.07, 6.45) is 1.66. The van der Waals surface area contributed by atoms with E-state index in [0.29, 0.717) is 13.0 Å². The van der Waals surface area contributed by atoms with Crippen molar-refractivity contribution in [2.24, 2.45) is 0 Å². The average Bonchev–Trinajstić information content (AvgIpc) is 2.40. The SMILES string of the molecule is CC(C)(C)OC(=O)NC1CCCC(C(=O)O)NC1. The molecule has 0 aromatic carbocycles. The third kappa shape index (κ3) is 5.35. The van der Waals surface area contributed by atoms with E-state index in [1.54, 1.807) is 20.8 Å². The van der Waals surface area contributed by atoms with E-state index in [1.165, 1.54) is 0 Å². The second kappa shape index (κ2) is 6.04. The topological polar surface area (TPSA) is 87.7 Å². The van der Waals surface area contributed by atoms with Gasteiger partial charge in [-0.25, -0.2) is 4.79 Å². The van der Waals surface area contributed by atoms with Crippen LogP contribution in [0.25, 0.3) is 0 Å². The van der Waals surface area contributed by atoms with E-state index in [-0.39, 0.29) is 6.04 Å². The molecule has 0 aromatic rings. The molecule has 2 unspecified atom stereocenters. The predicted molar refractivity (Wildman–Crippen MR) is 66.4 cm³/mol. The quantitative estimate of drug-likeness (QED) is 0.690. The fraction of sp³-hybridized carbons (Fsp3) is 0.833. The smallest absolute Gasteiger partial charge is 0.407 e. The Morgan fingerprint density at radius 2 is 2.00 bits per heavy atom. The molecule has 104 valence electrons. The Hall–Kier alpha value is -1.30. The number of carbonyl (C=O) groups excluding carboxylic acids is 1. The van der Waals surface area contributed by atoms with Gasteiger partial charge in [0, 0.05) is 12.6 Å². The molecule has 3 N–H and O–H groups in total. The van der Waals surface area contributed by atoms with E-state index >= 15 is 0 Å². The highest BCUT2D eigenvalue weighted by molar-refractivity contribution is 5.73. The van der Waals surface area contributed by atoms with Crippen molar-refractivity contribution in [1.29, 1.82) is 0 Å². The molecule has 2 atom stereocenters. The Morgan fingerprint density at radius 3 is 2.56 bits per heavy atom. The average molecular weight is 258 g/mol. The first kappa shape index (κ1) is 14.8. The molecule has 0 saturated carbocycles. The number of amides is 1. The van der Waals surface area contributed by atoms with Crippen LogP contribution in [0.4, 0.5) is 4.79 Å². The van der Waals surface area contributed by atoms with Gasteiger partial charge < -0.3 is 20.5 Å². The van der Waals surface area contributed by atoms with Gasteiger partial charge in [-0.15, -0.1) is 0 Å². The molecule has 6 heteroatoms. The number of ether oxygens (including phenoxy) is 1. The highest BCUT2D eigenvalue weighted by atomic mass is 16.6. The zero-order valence-electron chi connectivity index (χ0n) is 11.2. The van der Waals surface area contributed by atoms with E-state index < -0.39 is 23.7 Å². The van der Waals surface area contributed by atoms with Crippen LogP contribution in [0.1, 0.15) is 40.0 Å². The molecule has 1 rings (SSSR count). The Kier molecular flexibility index (Phi) is 4.95. The highest BCUT2D eigenvalue weighted by Gasteiger charge is 2.25. The molecular weight excluding hydrogens is 236 g/mol. The van der Waals surface area contributed by atoms with Gasteiger partial charge in [-0.3, -0.25) is 4.79 Å². The molecule has 1 amide bonds. The van der Waals surface area contributed by atoms with Crippen molar-refractivity contribution in [2.75, 3.05) is 6.54 Å². The Balaban J connectivity index is 2.40. The van der Waals surface area contributed by atoms with Crippen LogP contribution in [0.3, 0.4) is 0 Å². The number of carbonyl (C=O) groups is 2. The van der Waals surface area contributed by atoms with Crippen LogP contribution in [0.2, 0.25) is 0 Å². The number of hydrogen-bond donors (Lipinski definition) is 3. The summed E-state index contributed by atoms with van der Waals surface area (Å²) in [5, 5.41) is 14.6. The summed E-state index contributed by atoms with van der Waals surface area (Å²) in [6, 6.07) is -0.598. The van der Waals surface area contributed by atoms with E-state index in [4.69, 9.17) is 9.84 Å². The number of alkyl carbamates (subject to hydrolysis) is 1. The lowest BCUT2D eigenvalue weighted by Crippen LogP contribution is -2.46. The maximum atomic E-state index is 11.6. The minimum Gasteiger partial charge on any atom is -0.480 e. The van der Waals surface area contributed by atoms with Crippen LogP contribution in [0, 0.1) is 0 Å². The van der Waals surface area contributed by atoms with E-state index in [1.807, 2.05) is 0 Å². The molecule has 6 nitrogen and oxygen atoms in total. The summed E-state index contributed by atoms with van der Waals surface area (Å²) in [6.45, 7) is 5.87. The molecule has 0 aliphatic carbocycles. The Labute approximate surface area is 107 Å². The number of rotatable bonds is 2. The highest BCUT2D eigenvalue weighted by Crippen LogP contribution is 2.11. The lowest BCUT2D eigenvalue weighted by Gasteiger charge is -2.23. The van der Waals surface area contributed by atoms with Crippen LogP contribution >= 0.6 is 0 Å². The molecule has 0 aromatic heterocycles. The van der Waals surface area contributed by atoms with Crippen molar-refractivity contribution in [3.8, 4) is 0 Å². The summed E-state index contributed by atoms with van der Waals surface area (Å²) in [4.78, 5) is 22.4. The molecule has 18 heavy (non-hydrogen) atoms. The molecule has 0 radical (unpaired) electrons. The summed E-state index contributed by atoms with van der Waals surface area (Å²) in [7, 11) is 0. The Bertz CT molecular complexity index is 312. The van der Waals surface area contributed by atoms with Gasteiger partial charge >= 0.3 is 12.1 Å². The van der Waals surface area contributed by atoms with Crippen molar-refractivity contribution >= 4 is 12.1 Å². The second-order valence-electron chi connectivity index (χ2n) is 5.57. The summed E-state index contributed by atoms with van der Waals surface area (Å²) in [5.41, 5.74) is -0.522. The third-order valence-electron chi connectivity index (χ3n) is 2.67. The molecular formula is C12H22N2O4. The van der Waals surface area contributed by atoms with Gasteiger partial charge in [0.15, 0.2) is 0 Å². The number of nitrogens with one attached hydrogen (secondary N) is 2. The number of carboxylic acid groups (broad SMARTS) is 1. The normalized spacial score (nSPS) is 25.1. The van der Waals surface area contributed by atoms with Gasteiger partial charge in [-0.2, -0.15) is 0 Å². The summed E-state index contributed by atoms with van der Waals surface area (Å²) >= 11 is 0. The van der Waals surface area contributed by atoms with Crippen LogP contribution in [-0.2, 0) is 9.53 Å². The van der Waals surface area contributed by atoms with Gasteiger partial charge in [0.2, 0.25) is 0 Å². The number of hydrogen-bond acceptors (Lipinski definition) is 4.